The third-order valence-electron chi connectivity index (χ3n) is 4.43. The van der Waals surface area contributed by atoms with Crippen molar-refractivity contribution in [2.24, 2.45) is 5.92 Å². The van der Waals surface area contributed by atoms with Crippen molar-refractivity contribution >= 4 is 12.1 Å². The lowest BCUT2D eigenvalue weighted by Gasteiger charge is -2.33. The fourth-order valence-electron chi connectivity index (χ4n) is 3.13. The quantitative estimate of drug-likeness (QED) is 0.602. The Morgan fingerprint density at radius 2 is 1.54 bits per heavy atom. The Labute approximate surface area is 158 Å². The van der Waals surface area contributed by atoms with Crippen molar-refractivity contribution < 1.29 is 14.3 Å². The van der Waals surface area contributed by atoms with E-state index < -0.39 is 11.7 Å². The molecule has 1 heterocycles. The number of alkyl carbamates (subject to hydrolysis) is 1. The number of hydrogen-bond donors (Lipinski definition) is 3. The summed E-state index contributed by atoms with van der Waals surface area (Å²) in [7, 11) is 0. The minimum atomic E-state index is -0.520. The van der Waals surface area contributed by atoms with Gasteiger partial charge in [0.2, 0.25) is 0 Å². The second-order valence-electron chi connectivity index (χ2n) is 8.33. The van der Waals surface area contributed by atoms with Crippen LogP contribution >= 0.6 is 0 Å². The van der Waals surface area contributed by atoms with Gasteiger partial charge in [-0.2, -0.15) is 0 Å². The van der Waals surface area contributed by atoms with Gasteiger partial charge in [0.1, 0.15) is 5.60 Å². The number of rotatable bonds is 7. The first kappa shape index (κ1) is 22.5. The van der Waals surface area contributed by atoms with Gasteiger partial charge >= 0.3 is 12.1 Å². The smallest absolute Gasteiger partial charge is 0.407 e. The monoisotopic (exact) mass is 370 g/mol. The molecule has 3 N–H and O–H groups in total. The molecule has 0 spiro atoms. The zero-order chi connectivity index (χ0) is 19.6. The van der Waals surface area contributed by atoms with Gasteiger partial charge in [0, 0.05) is 25.7 Å². The van der Waals surface area contributed by atoms with Gasteiger partial charge in [-0.25, -0.2) is 9.59 Å². The van der Waals surface area contributed by atoms with E-state index >= 15 is 0 Å². The fraction of sp³-hybridized carbons (Fsp3) is 0.895. The highest BCUT2D eigenvalue weighted by Gasteiger charge is 2.23. The van der Waals surface area contributed by atoms with Crippen molar-refractivity contribution in [3.05, 3.63) is 0 Å². The molecule has 3 amide bonds. The third kappa shape index (κ3) is 9.85. The van der Waals surface area contributed by atoms with Crippen molar-refractivity contribution in [2.45, 2.75) is 71.9 Å². The lowest BCUT2D eigenvalue weighted by atomic mass is 10.0. The summed E-state index contributed by atoms with van der Waals surface area (Å²) in [6, 6.07) is 0.162. The van der Waals surface area contributed by atoms with Gasteiger partial charge in [-0.05, 0) is 52.6 Å². The predicted molar refractivity (Wildman–Crippen MR) is 104 cm³/mol. The molecule has 7 heteroatoms. The van der Waals surface area contributed by atoms with Crippen LogP contribution in [0.15, 0.2) is 0 Å². The summed E-state index contributed by atoms with van der Waals surface area (Å²) in [5, 5.41) is 8.37. The Morgan fingerprint density at radius 3 is 2.08 bits per heavy atom. The second-order valence-corrected chi connectivity index (χ2v) is 8.33. The summed E-state index contributed by atoms with van der Waals surface area (Å²) in [6.45, 7) is 13.4. The molecule has 0 saturated carbocycles. The lowest BCUT2D eigenvalue weighted by Crippen LogP contribution is -2.50. The maximum absolute atomic E-state index is 12.0. The number of amides is 3. The number of likely N-dealkylation sites (tertiary alicyclic amines) is 1. The minimum absolute atomic E-state index is 0.198. The Morgan fingerprint density at radius 1 is 0.962 bits per heavy atom. The number of urea groups is 1. The first-order valence-electron chi connectivity index (χ1n) is 9.91. The van der Waals surface area contributed by atoms with Crippen LogP contribution in [0.5, 0.6) is 0 Å². The highest BCUT2D eigenvalue weighted by molar-refractivity contribution is 5.74. The molecule has 1 atom stereocenters. The maximum atomic E-state index is 12.0. The minimum Gasteiger partial charge on any atom is -0.444 e. The highest BCUT2D eigenvalue weighted by atomic mass is 16.6. The van der Waals surface area contributed by atoms with Gasteiger partial charge in [-0.15, -0.1) is 0 Å². The van der Waals surface area contributed by atoms with Gasteiger partial charge in [0.25, 0.3) is 0 Å². The molecular weight excluding hydrogens is 332 g/mol. The average molecular weight is 371 g/mol. The third-order valence-corrected chi connectivity index (χ3v) is 4.43. The number of hydrogen-bond acceptors (Lipinski definition) is 4. The number of ether oxygens (including phenoxy) is 1. The SMILES string of the molecule is CC(C)C(CNC(=O)NCCNC(=O)OC(C)(C)C)N1CCCCCC1. The van der Waals surface area contributed by atoms with Crippen molar-refractivity contribution in [3.63, 3.8) is 0 Å². The topological polar surface area (TPSA) is 82.7 Å². The van der Waals surface area contributed by atoms with Crippen LogP contribution < -0.4 is 16.0 Å². The molecule has 1 aliphatic heterocycles. The van der Waals surface area contributed by atoms with Gasteiger partial charge in [0.15, 0.2) is 0 Å². The Hall–Kier alpha value is -1.50. The number of carbonyl (C=O) groups excluding carboxylic acids is 2. The molecule has 0 bridgehead atoms. The Bertz CT molecular complexity index is 427. The summed E-state index contributed by atoms with van der Waals surface area (Å²) in [5.74, 6) is 0.488. The van der Waals surface area contributed by atoms with E-state index in [4.69, 9.17) is 4.74 Å². The molecular formula is C19H38N4O3. The molecule has 0 aromatic heterocycles. The van der Waals surface area contributed by atoms with Crippen LogP contribution in [0, 0.1) is 5.92 Å². The first-order chi connectivity index (χ1) is 12.2. The van der Waals surface area contributed by atoms with E-state index in [1.54, 1.807) is 0 Å². The van der Waals surface area contributed by atoms with E-state index in [0.717, 1.165) is 13.1 Å². The van der Waals surface area contributed by atoms with E-state index in [9.17, 15) is 9.59 Å². The van der Waals surface area contributed by atoms with Crippen LogP contribution in [-0.4, -0.2) is 61.4 Å². The molecule has 1 saturated heterocycles. The molecule has 152 valence electrons. The lowest BCUT2D eigenvalue weighted by molar-refractivity contribution is 0.0528. The first-order valence-corrected chi connectivity index (χ1v) is 9.91. The fourth-order valence-corrected chi connectivity index (χ4v) is 3.13. The molecule has 0 aromatic rings. The van der Waals surface area contributed by atoms with Crippen LogP contribution in [0.1, 0.15) is 60.3 Å². The van der Waals surface area contributed by atoms with Crippen LogP contribution in [0.2, 0.25) is 0 Å². The van der Waals surface area contributed by atoms with E-state index in [2.05, 4.69) is 34.7 Å². The zero-order valence-corrected chi connectivity index (χ0v) is 17.2. The average Bonchev–Trinajstić information content (AvgIpc) is 2.79. The van der Waals surface area contributed by atoms with Crippen molar-refractivity contribution in [1.82, 2.24) is 20.9 Å². The molecule has 1 unspecified atom stereocenters. The van der Waals surface area contributed by atoms with Crippen LogP contribution in [0.3, 0.4) is 0 Å². The highest BCUT2D eigenvalue weighted by Crippen LogP contribution is 2.17. The molecule has 7 nitrogen and oxygen atoms in total. The van der Waals surface area contributed by atoms with Crippen LogP contribution in [0.25, 0.3) is 0 Å². The number of nitrogens with zero attached hydrogens (tertiary/aromatic N) is 1. The molecule has 26 heavy (non-hydrogen) atoms. The molecule has 1 fully saturated rings. The molecule has 0 aromatic carbocycles. The molecule has 1 aliphatic rings. The number of carbonyl (C=O) groups is 2. The van der Waals surface area contributed by atoms with Gasteiger partial charge in [-0.1, -0.05) is 26.7 Å². The summed E-state index contributed by atoms with van der Waals surface area (Å²) in [4.78, 5) is 26.1. The zero-order valence-electron chi connectivity index (χ0n) is 17.2. The van der Waals surface area contributed by atoms with Crippen LogP contribution in [0.4, 0.5) is 9.59 Å². The van der Waals surface area contributed by atoms with Crippen molar-refractivity contribution in [3.8, 4) is 0 Å². The number of nitrogens with one attached hydrogen (secondary N) is 3. The summed E-state index contributed by atoms with van der Waals surface area (Å²) in [6.07, 6.45) is 4.62. The maximum Gasteiger partial charge on any atom is 0.407 e. The molecule has 1 rings (SSSR count). The van der Waals surface area contributed by atoms with E-state index in [1.165, 1.54) is 25.7 Å². The molecule has 0 aliphatic carbocycles. The van der Waals surface area contributed by atoms with Crippen molar-refractivity contribution in [2.75, 3.05) is 32.7 Å². The summed E-state index contributed by atoms with van der Waals surface area (Å²) >= 11 is 0. The van der Waals surface area contributed by atoms with Gasteiger partial charge in [-0.3, -0.25) is 4.90 Å². The van der Waals surface area contributed by atoms with Gasteiger partial charge < -0.3 is 20.7 Å². The van der Waals surface area contributed by atoms with Gasteiger partial charge in [0.05, 0.1) is 0 Å². The van der Waals surface area contributed by atoms with Crippen molar-refractivity contribution in [1.29, 1.82) is 0 Å². The van der Waals surface area contributed by atoms with E-state index in [0.29, 0.717) is 31.6 Å². The predicted octanol–water partition coefficient (Wildman–Crippen LogP) is 2.71. The summed E-state index contributed by atoms with van der Waals surface area (Å²) in [5.41, 5.74) is -0.520. The Balaban J connectivity index is 2.25. The van der Waals surface area contributed by atoms with Crippen LogP contribution in [-0.2, 0) is 4.74 Å². The normalized spacial score (nSPS) is 17.3. The molecule has 0 radical (unpaired) electrons. The standard InChI is InChI=1S/C19H38N4O3/c1-15(2)16(23-12-8-6-7-9-13-23)14-22-17(24)20-10-11-21-18(25)26-19(3,4)5/h15-16H,6-14H2,1-5H3,(H,21,25)(H2,20,22,24). The van der Waals surface area contributed by atoms with E-state index in [1.807, 2.05) is 20.8 Å². The van der Waals surface area contributed by atoms with E-state index in [-0.39, 0.29) is 6.03 Å². The largest absolute Gasteiger partial charge is 0.444 e. The Kier molecular flexibility index (Phi) is 9.76. The summed E-state index contributed by atoms with van der Waals surface area (Å²) < 4.78 is 5.14. The second kappa shape index (κ2) is 11.3.